The fourth-order valence-corrected chi connectivity index (χ4v) is 1.75. The predicted molar refractivity (Wildman–Crippen MR) is 87.9 cm³/mol. The molecule has 0 aliphatic heterocycles. The molecule has 7 heteroatoms. The number of hydrogen-bond acceptors (Lipinski definition) is 4. The maximum atomic E-state index is 11.5. The zero-order valence-corrected chi connectivity index (χ0v) is 12.8. The van der Waals surface area contributed by atoms with E-state index < -0.39 is 11.8 Å². The molecule has 2 rings (SSSR count). The van der Waals surface area contributed by atoms with Crippen molar-refractivity contribution in [3.63, 3.8) is 0 Å². The number of rotatable bonds is 6. The van der Waals surface area contributed by atoms with Crippen molar-refractivity contribution in [3.05, 3.63) is 65.1 Å². The first-order chi connectivity index (χ1) is 11.1. The third kappa shape index (κ3) is 5.80. The number of amides is 2. The fourth-order valence-electron chi connectivity index (χ4n) is 1.56. The molecule has 2 amide bonds. The summed E-state index contributed by atoms with van der Waals surface area (Å²) in [6, 6.07) is 10.5. The number of furan rings is 1. The Morgan fingerprint density at radius 2 is 2.04 bits per heavy atom. The van der Waals surface area contributed by atoms with E-state index in [4.69, 9.17) is 16.0 Å². The molecule has 0 atom stereocenters. The van der Waals surface area contributed by atoms with Gasteiger partial charge in [0.05, 0.1) is 19.0 Å². The van der Waals surface area contributed by atoms with Crippen molar-refractivity contribution in [2.45, 2.75) is 0 Å². The van der Waals surface area contributed by atoms with Gasteiger partial charge < -0.3 is 9.73 Å². The van der Waals surface area contributed by atoms with Crippen molar-refractivity contribution in [1.29, 1.82) is 0 Å². The number of carbonyl (C=O) groups excluding carboxylic acids is 2. The van der Waals surface area contributed by atoms with Gasteiger partial charge in [0.2, 0.25) is 5.91 Å². The maximum absolute atomic E-state index is 11.5. The molecule has 6 nitrogen and oxygen atoms in total. The average Bonchev–Trinajstić information content (AvgIpc) is 3.06. The molecule has 0 radical (unpaired) electrons. The molecular weight excluding hydrogens is 318 g/mol. The Kier molecular flexibility index (Phi) is 6.14. The highest BCUT2D eigenvalue weighted by Crippen LogP contribution is 2.11. The standard InChI is InChI=1S/C16H14ClN3O3/c17-14-6-2-1-4-12(14)10-19-20-16(22)11-18-15(21)8-7-13-5-3-9-23-13/h1-10H,11H2,(H,18,21)(H,20,22)/b8-7+,19-10-. The second-order valence-electron chi connectivity index (χ2n) is 4.38. The summed E-state index contributed by atoms with van der Waals surface area (Å²) in [5, 5.41) is 6.73. The Morgan fingerprint density at radius 3 is 2.78 bits per heavy atom. The van der Waals surface area contributed by atoms with Crippen LogP contribution in [0.5, 0.6) is 0 Å². The van der Waals surface area contributed by atoms with Gasteiger partial charge in [-0.1, -0.05) is 29.8 Å². The molecule has 0 saturated heterocycles. The molecular formula is C16H14ClN3O3. The lowest BCUT2D eigenvalue weighted by atomic mass is 10.2. The molecule has 0 saturated carbocycles. The molecule has 0 spiro atoms. The summed E-state index contributed by atoms with van der Waals surface area (Å²) < 4.78 is 5.04. The zero-order valence-electron chi connectivity index (χ0n) is 12.0. The summed E-state index contributed by atoms with van der Waals surface area (Å²) >= 11 is 5.94. The van der Waals surface area contributed by atoms with Gasteiger partial charge in [-0.15, -0.1) is 0 Å². The second kappa shape index (κ2) is 8.55. The summed E-state index contributed by atoms with van der Waals surface area (Å²) in [6.07, 6.45) is 5.71. The van der Waals surface area contributed by atoms with E-state index in [-0.39, 0.29) is 6.54 Å². The number of benzene rings is 1. The van der Waals surface area contributed by atoms with E-state index in [9.17, 15) is 9.59 Å². The zero-order chi connectivity index (χ0) is 16.5. The lowest BCUT2D eigenvalue weighted by Gasteiger charge is -2.01. The monoisotopic (exact) mass is 331 g/mol. The summed E-state index contributed by atoms with van der Waals surface area (Å²) in [4.78, 5) is 23.0. The van der Waals surface area contributed by atoms with Crippen LogP contribution in [0.25, 0.3) is 6.08 Å². The third-order valence-electron chi connectivity index (χ3n) is 2.66. The van der Waals surface area contributed by atoms with Gasteiger partial charge in [0.1, 0.15) is 5.76 Å². The van der Waals surface area contributed by atoms with Gasteiger partial charge in [0, 0.05) is 16.7 Å². The molecule has 1 aromatic carbocycles. The molecule has 2 N–H and O–H groups in total. The second-order valence-corrected chi connectivity index (χ2v) is 4.79. The van der Waals surface area contributed by atoms with Gasteiger partial charge >= 0.3 is 0 Å². The van der Waals surface area contributed by atoms with Crippen LogP contribution in [0.1, 0.15) is 11.3 Å². The fraction of sp³-hybridized carbons (Fsp3) is 0.0625. The number of halogens is 1. The molecule has 0 aliphatic carbocycles. The summed E-state index contributed by atoms with van der Waals surface area (Å²) in [5.41, 5.74) is 2.98. The molecule has 0 fully saturated rings. The molecule has 2 aromatic rings. The van der Waals surface area contributed by atoms with E-state index in [0.717, 1.165) is 0 Å². The van der Waals surface area contributed by atoms with Crippen LogP contribution in [0.4, 0.5) is 0 Å². The lowest BCUT2D eigenvalue weighted by molar-refractivity contribution is -0.123. The minimum absolute atomic E-state index is 0.193. The quantitative estimate of drug-likeness (QED) is 0.483. The van der Waals surface area contributed by atoms with Crippen LogP contribution in [-0.4, -0.2) is 24.6 Å². The van der Waals surface area contributed by atoms with Crippen LogP contribution in [0.3, 0.4) is 0 Å². The van der Waals surface area contributed by atoms with E-state index >= 15 is 0 Å². The van der Waals surface area contributed by atoms with Gasteiger partial charge in [0.15, 0.2) is 0 Å². The highest BCUT2D eigenvalue weighted by Gasteiger charge is 2.02. The van der Waals surface area contributed by atoms with Crippen molar-refractivity contribution in [2.24, 2.45) is 5.10 Å². The SMILES string of the molecule is O=C(/C=C/c1ccco1)NCC(=O)N/N=C\c1ccccc1Cl. The Balaban J connectivity index is 1.73. The largest absolute Gasteiger partial charge is 0.465 e. The van der Waals surface area contributed by atoms with E-state index in [0.29, 0.717) is 16.3 Å². The first-order valence-electron chi connectivity index (χ1n) is 6.71. The molecule has 0 aliphatic rings. The Hall–Kier alpha value is -2.86. The maximum Gasteiger partial charge on any atom is 0.259 e. The van der Waals surface area contributed by atoms with Gasteiger partial charge in [-0.3, -0.25) is 9.59 Å². The third-order valence-corrected chi connectivity index (χ3v) is 3.01. The molecule has 23 heavy (non-hydrogen) atoms. The smallest absolute Gasteiger partial charge is 0.259 e. The van der Waals surface area contributed by atoms with Gasteiger partial charge in [-0.05, 0) is 24.3 Å². The van der Waals surface area contributed by atoms with E-state index in [1.807, 2.05) is 0 Å². The van der Waals surface area contributed by atoms with Crippen molar-refractivity contribution >= 4 is 35.7 Å². The molecule has 118 valence electrons. The minimum Gasteiger partial charge on any atom is -0.465 e. The minimum atomic E-state index is -0.451. The molecule has 1 aromatic heterocycles. The average molecular weight is 332 g/mol. The number of hydrazone groups is 1. The number of hydrogen-bond donors (Lipinski definition) is 2. The summed E-state index contributed by atoms with van der Waals surface area (Å²) in [6.45, 7) is -0.193. The first-order valence-corrected chi connectivity index (χ1v) is 7.09. The summed E-state index contributed by atoms with van der Waals surface area (Å²) in [5.74, 6) is -0.311. The predicted octanol–water partition coefficient (Wildman–Crippen LogP) is 2.21. The van der Waals surface area contributed by atoms with Gasteiger partial charge in [-0.2, -0.15) is 5.10 Å². The summed E-state index contributed by atoms with van der Waals surface area (Å²) in [7, 11) is 0. The van der Waals surface area contributed by atoms with Crippen LogP contribution in [0.15, 0.2) is 58.3 Å². The first kappa shape index (κ1) is 16.5. The van der Waals surface area contributed by atoms with Crippen LogP contribution in [-0.2, 0) is 9.59 Å². The highest BCUT2D eigenvalue weighted by molar-refractivity contribution is 6.33. The van der Waals surface area contributed by atoms with Gasteiger partial charge in [-0.25, -0.2) is 5.43 Å². The van der Waals surface area contributed by atoms with Crippen LogP contribution in [0, 0.1) is 0 Å². The van der Waals surface area contributed by atoms with Crippen molar-refractivity contribution in [3.8, 4) is 0 Å². The Bertz CT molecular complexity index is 724. The number of nitrogens with one attached hydrogen (secondary N) is 2. The van der Waals surface area contributed by atoms with Crippen LogP contribution >= 0.6 is 11.6 Å². The van der Waals surface area contributed by atoms with Gasteiger partial charge in [0.25, 0.3) is 5.91 Å². The number of carbonyl (C=O) groups is 2. The van der Waals surface area contributed by atoms with Crippen LogP contribution < -0.4 is 10.7 Å². The van der Waals surface area contributed by atoms with Crippen molar-refractivity contribution in [2.75, 3.05) is 6.54 Å². The normalized spacial score (nSPS) is 11.0. The molecule has 1 heterocycles. The van der Waals surface area contributed by atoms with E-state index in [1.54, 1.807) is 36.4 Å². The Morgan fingerprint density at radius 1 is 1.22 bits per heavy atom. The van der Waals surface area contributed by atoms with Crippen molar-refractivity contribution in [1.82, 2.24) is 10.7 Å². The molecule has 0 bridgehead atoms. The van der Waals surface area contributed by atoms with E-state index in [1.165, 1.54) is 24.6 Å². The van der Waals surface area contributed by atoms with E-state index in [2.05, 4.69) is 15.8 Å². The number of nitrogens with zero attached hydrogens (tertiary/aromatic N) is 1. The topological polar surface area (TPSA) is 83.7 Å². The highest BCUT2D eigenvalue weighted by atomic mass is 35.5. The lowest BCUT2D eigenvalue weighted by Crippen LogP contribution is -2.34. The van der Waals surface area contributed by atoms with Crippen LogP contribution in [0.2, 0.25) is 5.02 Å². The van der Waals surface area contributed by atoms with Crippen molar-refractivity contribution < 1.29 is 14.0 Å². The molecule has 0 unspecified atom stereocenters. The Labute approximate surface area is 137 Å².